The van der Waals surface area contributed by atoms with E-state index in [1.54, 1.807) is 0 Å². The summed E-state index contributed by atoms with van der Waals surface area (Å²) in [4.78, 5) is 125. The fourth-order valence-electron chi connectivity index (χ4n) is 9.89. The average molecular weight is 1220 g/mol. The Hall–Kier alpha value is -11.4. The average Bonchev–Trinajstić information content (AvgIpc) is 0.917. The van der Waals surface area contributed by atoms with Gasteiger partial charge in [-0.15, -0.1) is 11.8 Å². The van der Waals surface area contributed by atoms with Crippen molar-refractivity contribution in [1.29, 1.82) is 0 Å². The number of thioether (sulfide) groups is 1. The van der Waals surface area contributed by atoms with Gasteiger partial charge in [-0.2, -0.15) is 0 Å². The SMILES string of the molecule is N[C@@H](CCC(=O)N[C@H](CS[C@H]1c2c(O)c(O)c(O)c3c2C(=O)O[C@@H]1[C@H]1OC(=O)c2c(c(O)c(O)c(O)c2-3)-c2c(cc(O)c(O)c2O)C(=O)O[C@@H]2COC(=O)c3cc(O)c(O)c(O)c3-c3c(cc(O)c(O)c3O)C(=O)O[C@@H]12)C(=O)NCC(=O)O)C(=O)O. The summed E-state index contributed by atoms with van der Waals surface area (Å²) in [6, 6.07) is -2.76. The molecule has 5 heterocycles. The van der Waals surface area contributed by atoms with Gasteiger partial charge >= 0.3 is 41.8 Å². The summed E-state index contributed by atoms with van der Waals surface area (Å²) in [5, 5.41) is 190. The highest BCUT2D eigenvalue weighted by Gasteiger charge is 2.56. The number of carboxylic acid groups (broad SMARTS) is 2. The molecular formula is C51H41N3O31S. The van der Waals surface area contributed by atoms with Crippen molar-refractivity contribution in [2.24, 2.45) is 5.73 Å². The van der Waals surface area contributed by atoms with Gasteiger partial charge in [0.25, 0.3) is 0 Å². The number of hydrogen-bond donors (Lipinski definition) is 20. The first-order valence-corrected chi connectivity index (χ1v) is 25.3. The van der Waals surface area contributed by atoms with Gasteiger partial charge in [0, 0.05) is 51.1 Å². The number of phenolic OH excluding ortho intramolecular Hbond substituents is 15. The zero-order valence-electron chi connectivity index (χ0n) is 42.6. The third kappa shape index (κ3) is 9.64. The Morgan fingerprint density at radius 1 is 0.512 bits per heavy atom. The Balaban J connectivity index is 1.39. The van der Waals surface area contributed by atoms with Crippen LogP contribution in [0.4, 0.5) is 0 Å². The van der Waals surface area contributed by atoms with E-state index in [1.807, 2.05) is 5.32 Å². The van der Waals surface area contributed by atoms with Crippen molar-refractivity contribution in [2.45, 2.75) is 54.6 Å². The number of carbonyl (C=O) groups is 9. The number of carbonyl (C=O) groups excluding carboxylic acids is 7. The van der Waals surface area contributed by atoms with Crippen LogP contribution in [0.25, 0.3) is 33.4 Å². The van der Waals surface area contributed by atoms with Crippen LogP contribution >= 0.6 is 11.8 Å². The molecule has 0 saturated heterocycles. The van der Waals surface area contributed by atoms with E-state index in [2.05, 4.69) is 5.32 Å². The Kier molecular flexibility index (Phi) is 15.0. The van der Waals surface area contributed by atoms with Crippen molar-refractivity contribution in [2.75, 3.05) is 18.9 Å². The molecule has 5 aliphatic heterocycles. The van der Waals surface area contributed by atoms with E-state index in [4.69, 9.17) is 29.4 Å². The number of carboxylic acids is 2. The quantitative estimate of drug-likeness (QED) is 0.0468. The molecule has 5 aromatic rings. The molecule has 2 amide bonds. The van der Waals surface area contributed by atoms with Crippen molar-refractivity contribution >= 4 is 65.4 Å². The monoisotopic (exact) mass is 1220 g/mol. The molecule has 5 aliphatic rings. The van der Waals surface area contributed by atoms with E-state index in [1.165, 1.54) is 0 Å². The summed E-state index contributed by atoms with van der Waals surface area (Å²) >= 11 is 0.195. The highest BCUT2D eigenvalue weighted by atomic mass is 32.2. The van der Waals surface area contributed by atoms with Crippen molar-refractivity contribution in [3.05, 3.63) is 51.6 Å². The van der Waals surface area contributed by atoms with Crippen molar-refractivity contribution in [3.63, 3.8) is 0 Å². The van der Waals surface area contributed by atoms with Crippen LogP contribution in [0.1, 0.15) is 75.4 Å². The Labute approximate surface area is 478 Å². The number of fused-ring (bicyclic) bond motifs is 7. The number of esters is 5. The predicted octanol–water partition coefficient (Wildman–Crippen LogP) is -0.0634. The molecule has 0 radical (unpaired) electrons. The second kappa shape index (κ2) is 21.8. The van der Waals surface area contributed by atoms with Gasteiger partial charge < -0.3 is 127 Å². The summed E-state index contributed by atoms with van der Waals surface area (Å²) in [6.07, 6.45) is -12.6. The highest BCUT2D eigenvalue weighted by molar-refractivity contribution is 7.99. The maximum atomic E-state index is 15.6. The standard InChI is InChI=1S/C51H41N3O31S/c52-12(46(74)75)1-2-18(58)54-13(45(73)53-6-19(59)60)8-86-44-28-27-25(37(69)40(72)38(28)70)24-26-23(35(67)39(71)36(24)68)22-11(5-16(57)31(63)34(22)66)48(77)82-17-7-81-47(76)9-3-14(55)29(61)32(64)20(9)21-10(4-15(56)30(62)33(21)65)49(78)83-41(17)42(84-50(26)79)43(44)85-51(27)80/h3-5,12-13,17,41-44,55-57,61-72H,1-2,6-8,52H2,(H,53,73)(H,54,58)(H,59,60)(H,74,75)/t12-,13+,17+,41+,42-,43+,44-/m0/s1. The Bertz CT molecular complexity index is 3900. The van der Waals surface area contributed by atoms with E-state index in [0.29, 0.717) is 6.07 Å². The molecular weight excluding hydrogens is 1180 g/mol. The maximum absolute atomic E-state index is 15.6. The van der Waals surface area contributed by atoms with Crippen LogP contribution in [0.2, 0.25) is 0 Å². The lowest BCUT2D eigenvalue weighted by atomic mass is 9.81. The molecule has 0 aromatic heterocycles. The van der Waals surface area contributed by atoms with Gasteiger partial charge in [-0.25, -0.2) is 24.0 Å². The molecule has 0 saturated carbocycles. The highest BCUT2D eigenvalue weighted by Crippen LogP contribution is 2.63. The van der Waals surface area contributed by atoms with Crippen molar-refractivity contribution in [1.82, 2.24) is 10.6 Å². The lowest BCUT2D eigenvalue weighted by Gasteiger charge is -2.42. The molecule has 0 spiro atoms. The molecule has 7 atom stereocenters. The minimum atomic E-state index is -2.93. The van der Waals surface area contributed by atoms with E-state index >= 15 is 9.59 Å². The number of cyclic esters (lactones) is 1. The first kappa shape index (κ1) is 59.3. The largest absolute Gasteiger partial charge is 0.504 e. The normalized spacial score (nSPS) is 19.1. The summed E-state index contributed by atoms with van der Waals surface area (Å²) in [5.41, 5.74) is -10.2. The molecule has 0 fully saturated rings. The molecule has 35 heteroatoms. The fourth-order valence-corrected chi connectivity index (χ4v) is 11.3. The second-order valence-corrected chi connectivity index (χ2v) is 20.2. The third-order valence-electron chi connectivity index (χ3n) is 13.9. The number of amides is 2. The van der Waals surface area contributed by atoms with Crippen molar-refractivity contribution < 1.29 is 154 Å². The summed E-state index contributed by atoms with van der Waals surface area (Å²) in [7, 11) is 0. The number of nitrogens with one attached hydrogen (secondary N) is 2. The lowest BCUT2D eigenvalue weighted by molar-refractivity contribution is -0.139. The number of hydrogen-bond acceptors (Lipinski definition) is 31. The van der Waals surface area contributed by atoms with Gasteiger partial charge in [0.15, 0.2) is 81.9 Å². The van der Waals surface area contributed by atoms with Crippen LogP contribution in [-0.4, -0.2) is 196 Å². The van der Waals surface area contributed by atoms with Crippen LogP contribution in [0.15, 0.2) is 18.2 Å². The van der Waals surface area contributed by atoms with Crippen LogP contribution in [-0.2, 0) is 42.9 Å². The topological polar surface area (TPSA) is 594 Å². The van der Waals surface area contributed by atoms with E-state index in [9.17, 15) is 120 Å². The zero-order chi connectivity index (χ0) is 63.1. The molecule has 21 N–H and O–H groups in total. The molecule has 5 aromatic carbocycles. The molecule has 10 rings (SSSR count). The van der Waals surface area contributed by atoms with Crippen LogP contribution in [0.3, 0.4) is 0 Å². The number of aromatic hydroxyl groups is 15. The molecule has 0 unspecified atom stereocenters. The number of phenols is 15. The number of benzene rings is 5. The molecule has 34 nitrogen and oxygen atoms in total. The van der Waals surface area contributed by atoms with Gasteiger partial charge in [0.1, 0.15) is 25.2 Å². The Morgan fingerprint density at radius 3 is 1.47 bits per heavy atom. The maximum Gasteiger partial charge on any atom is 0.340 e. The minimum absolute atomic E-state index is 0.195. The number of nitrogens with two attached hydrogens (primary N) is 1. The number of ether oxygens (including phenoxy) is 5. The van der Waals surface area contributed by atoms with E-state index < -0.39 is 280 Å². The minimum Gasteiger partial charge on any atom is -0.504 e. The second-order valence-electron chi connectivity index (χ2n) is 19.0. The van der Waals surface area contributed by atoms with Gasteiger partial charge in [0.2, 0.25) is 40.6 Å². The van der Waals surface area contributed by atoms with Crippen LogP contribution < -0.4 is 16.4 Å². The Morgan fingerprint density at radius 2 is 0.942 bits per heavy atom. The van der Waals surface area contributed by atoms with Crippen molar-refractivity contribution in [3.8, 4) is 120 Å². The molecule has 6 bridgehead atoms. The van der Waals surface area contributed by atoms with Gasteiger partial charge in [-0.1, -0.05) is 0 Å². The first-order chi connectivity index (χ1) is 40.4. The van der Waals surface area contributed by atoms with Gasteiger partial charge in [-0.3, -0.25) is 19.2 Å². The predicted molar refractivity (Wildman–Crippen MR) is 274 cm³/mol. The number of rotatable bonds is 11. The lowest BCUT2D eigenvalue weighted by Crippen LogP contribution is -2.56. The first-order valence-electron chi connectivity index (χ1n) is 24.3. The summed E-state index contributed by atoms with van der Waals surface area (Å²) in [5.74, 6) is -40.4. The summed E-state index contributed by atoms with van der Waals surface area (Å²) in [6.45, 7) is -2.77. The van der Waals surface area contributed by atoms with Gasteiger partial charge in [-0.05, 0) is 24.6 Å². The van der Waals surface area contributed by atoms with Gasteiger partial charge in [0.05, 0.1) is 33.1 Å². The van der Waals surface area contributed by atoms with Crippen LogP contribution in [0, 0.1) is 0 Å². The summed E-state index contributed by atoms with van der Waals surface area (Å²) < 4.78 is 29.0. The van der Waals surface area contributed by atoms with E-state index in [0.717, 1.165) is 0 Å². The molecule has 452 valence electrons. The number of aliphatic carboxylic acids is 2. The zero-order valence-corrected chi connectivity index (χ0v) is 43.4. The van der Waals surface area contributed by atoms with E-state index in [-0.39, 0.29) is 23.9 Å². The molecule has 0 aliphatic carbocycles. The smallest absolute Gasteiger partial charge is 0.340 e. The third-order valence-corrected chi connectivity index (χ3v) is 15.3. The fraction of sp³-hybridized carbons (Fsp3) is 0.235. The molecule has 86 heavy (non-hydrogen) atoms. The van der Waals surface area contributed by atoms with Crippen LogP contribution in [0.5, 0.6) is 86.2 Å².